The zero-order valence-electron chi connectivity index (χ0n) is 25.2. The fourth-order valence-corrected chi connectivity index (χ4v) is 0.949. The molecule has 1 fully saturated rings. The van der Waals surface area contributed by atoms with E-state index in [0.29, 0.717) is 26.0 Å². The lowest BCUT2D eigenvalue weighted by atomic mass is 9.84. The molecular weight excluding hydrogens is 428 g/mol. The van der Waals surface area contributed by atoms with E-state index >= 15 is 0 Å². The van der Waals surface area contributed by atoms with E-state index < -0.39 is 0 Å². The molecule has 0 radical (unpaired) electrons. The Bertz CT molecular complexity index is 329. The van der Waals surface area contributed by atoms with E-state index in [-0.39, 0.29) is 0 Å². The Balaban J connectivity index is -0.000000142. The summed E-state index contributed by atoms with van der Waals surface area (Å²) in [6.07, 6.45) is 4.22. The highest BCUT2D eigenvalue weighted by Crippen LogP contribution is 2.44. The Labute approximate surface area is 204 Å². The molecule has 1 saturated carbocycles. The van der Waals surface area contributed by atoms with Crippen LogP contribution in [0.2, 0.25) is 0 Å². The van der Waals surface area contributed by atoms with Crippen molar-refractivity contribution in [2.75, 3.05) is 0 Å². The summed E-state index contributed by atoms with van der Waals surface area (Å²) in [6.45, 7) is 42.3. The third kappa shape index (κ3) is 63.0. The summed E-state index contributed by atoms with van der Waals surface area (Å²) in [4.78, 5) is 0. The SMILES string of the molecule is CC(C)(C)Br.CC(C)(C)C.CC(C)(C)C1CC1.CC(C)C(C)(C)C.CCC(C)(C)C. The Hall–Kier alpha value is 0.480. The lowest BCUT2D eigenvalue weighted by Crippen LogP contribution is -2.12. The van der Waals surface area contributed by atoms with E-state index in [1.54, 1.807) is 0 Å². The van der Waals surface area contributed by atoms with Crippen molar-refractivity contribution in [2.24, 2.45) is 33.5 Å². The monoisotopic (exact) mass is 492 g/mol. The van der Waals surface area contributed by atoms with Crippen LogP contribution in [0.5, 0.6) is 0 Å². The van der Waals surface area contributed by atoms with Gasteiger partial charge in [0.05, 0.1) is 0 Å². The predicted octanol–water partition coefficient (Wildman–Crippen LogP) is 11.8. The van der Waals surface area contributed by atoms with Gasteiger partial charge >= 0.3 is 0 Å². The van der Waals surface area contributed by atoms with Crippen LogP contribution >= 0.6 is 15.9 Å². The van der Waals surface area contributed by atoms with Crippen LogP contribution in [0.4, 0.5) is 0 Å². The lowest BCUT2D eigenvalue weighted by molar-refractivity contribution is 0.283. The van der Waals surface area contributed by atoms with Gasteiger partial charge in [-0.3, -0.25) is 0 Å². The van der Waals surface area contributed by atoms with Gasteiger partial charge in [-0.1, -0.05) is 154 Å². The van der Waals surface area contributed by atoms with Crippen molar-refractivity contribution >= 4 is 15.9 Å². The molecule has 0 bridgehead atoms. The highest BCUT2D eigenvalue weighted by molar-refractivity contribution is 9.10. The summed E-state index contributed by atoms with van der Waals surface area (Å²) in [5.41, 5.74) is 2.15. The maximum absolute atomic E-state index is 3.38. The van der Waals surface area contributed by atoms with Crippen molar-refractivity contribution < 1.29 is 0 Å². The third-order valence-electron chi connectivity index (χ3n) is 4.59. The zero-order chi connectivity index (χ0) is 25.8. The van der Waals surface area contributed by atoms with E-state index in [2.05, 4.69) is 147 Å². The van der Waals surface area contributed by atoms with Crippen LogP contribution in [-0.4, -0.2) is 4.32 Å². The van der Waals surface area contributed by atoms with Crippen molar-refractivity contribution in [3.8, 4) is 0 Å². The topological polar surface area (TPSA) is 0 Å². The minimum absolute atomic E-state index is 0.312. The predicted molar refractivity (Wildman–Crippen MR) is 150 cm³/mol. The van der Waals surface area contributed by atoms with E-state index in [0.717, 1.165) is 11.8 Å². The van der Waals surface area contributed by atoms with Crippen molar-refractivity contribution in [1.82, 2.24) is 0 Å². The molecule has 0 saturated heterocycles. The molecular formula is C29H65Br. The quantitative estimate of drug-likeness (QED) is 0.294. The number of rotatable bonds is 0. The summed E-state index contributed by atoms with van der Waals surface area (Å²) >= 11 is 3.38. The molecule has 1 rings (SSSR count). The third-order valence-corrected chi connectivity index (χ3v) is 4.59. The first-order valence-corrected chi connectivity index (χ1v) is 13.1. The van der Waals surface area contributed by atoms with Crippen LogP contribution in [0.25, 0.3) is 0 Å². The first-order valence-electron chi connectivity index (χ1n) is 12.3. The molecule has 1 heteroatoms. The van der Waals surface area contributed by atoms with Crippen molar-refractivity contribution in [1.29, 1.82) is 0 Å². The van der Waals surface area contributed by atoms with Crippen LogP contribution in [0.3, 0.4) is 0 Å². The average Bonchev–Trinajstić information content (AvgIpc) is 3.17. The fourth-order valence-electron chi connectivity index (χ4n) is 0.949. The second-order valence-corrected chi connectivity index (χ2v) is 17.5. The van der Waals surface area contributed by atoms with Gasteiger partial charge in [-0.15, -0.1) is 0 Å². The molecule has 1 aliphatic rings. The fraction of sp³-hybridized carbons (Fsp3) is 1.00. The molecule has 0 unspecified atom stereocenters. The van der Waals surface area contributed by atoms with E-state index in [4.69, 9.17) is 0 Å². The van der Waals surface area contributed by atoms with Gasteiger partial charge in [-0.25, -0.2) is 0 Å². The molecule has 0 aromatic rings. The Kier molecular flexibility index (Phi) is 19.3. The van der Waals surface area contributed by atoms with Gasteiger partial charge in [0.25, 0.3) is 0 Å². The number of alkyl halides is 1. The van der Waals surface area contributed by atoms with Gasteiger partial charge in [0.2, 0.25) is 0 Å². The number of halogens is 1. The van der Waals surface area contributed by atoms with Crippen molar-refractivity contribution in [2.45, 2.75) is 155 Å². The zero-order valence-corrected chi connectivity index (χ0v) is 26.7. The van der Waals surface area contributed by atoms with E-state index in [1.165, 1.54) is 19.3 Å². The summed E-state index contributed by atoms with van der Waals surface area (Å²) in [5.74, 6) is 1.85. The second-order valence-electron chi connectivity index (χ2n) is 15.1. The normalized spacial score (nSPS) is 14.7. The summed E-state index contributed by atoms with van der Waals surface area (Å²) in [6, 6.07) is 0. The average molecular weight is 494 g/mol. The minimum Gasteiger partial charge on any atom is -0.0862 e. The molecule has 188 valence electrons. The maximum Gasteiger partial charge on any atom is 0.0173 e. The van der Waals surface area contributed by atoms with Crippen LogP contribution in [0.15, 0.2) is 0 Å². The molecule has 0 nitrogen and oxygen atoms in total. The molecule has 0 spiro atoms. The van der Waals surface area contributed by atoms with Crippen molar-refractivity contribution in [3.05, 3.63) is 0 Å². The van der Waals surface area contributed by atoms with Crippen molar-refractivity contribution in [3.63, 3.8) is 0 Å². The highest BCUT2D eigenvalue weighted by atomic mass is 79.9. The molecule has 0 N–H and O–H groups in total. The van der Waals surface area contributed by atoms with Crippen LogP contribution in [-0.2, 0) is 0 Å². The molecule has 30 heavy (non-hydrogen) atoms. The Morgan fingerprint density at radius 3 is 0.833 bits per heavy atom. The molecule has 0 atom stereocenters. The summed E-state index contributed by atoms with van der Waals surface area (Å²) in [5, 5.41) is 0. The van der Waals surface area contributed by atoms with Gasteiger partial charge < -0.3 is 0 Å². The van der Waals surface area contributed by atoms with Crippen LogP contribution < -0.4 is 0 Å². The molecule has 1 aliphatic carbocycles. The largest absolute Gasteiger partial charge is 0.0862 e. The smallest absolute Gasteiger partial charge is 0.0173 e. The summed E-state index contributed by atoms with van der Waals surface area (Å²) in [7, 11) is 0. The highest BCUT2D eigenvalue weighted by Gasteiger charge is 2.33. The molecule has 0 aliphatic heterocycles. The molecule has 0 amide bonds. The maximum atomic E-state index is 3.38. The number of hydrogen-bond donors (Lipinski definition) is 0. The van der Waals surface area contributed by atoms with Gasteiger partial charge in [0.15, 0.2) is 0 Å². The standard InChI is InChI=1S/C7H14.C7H16.C6H14.C5H12.C4H9Br/c1-7(2,3)6-4-5-6;1-6(2)7(3,4)5;1-5-6(2,3)4;1-5(2,3)4;1-4(2,3)5/h6H,4-5H2,1-3H3;6H,1-5H3;5H2,1-4H3;1-4H3;1-3H3. The van der Waals surface area contributed by atoms with Crippen LogP contribution in [0, 0.1) is 33.5 Å². The first kappa shape index (κ1) is 37.8. The van der Waals surface area contributed by atoms with E-state index in [9.17, 15) is 0 Å². The molecule has 0 aromatic carbocycles. The minimum atomic E-state index is 0.312. The van der Waals surface area contributed by atoms with Gasteiger partial charge in [0, 0.05) is 4.32 Å². The first-order chi connectivity index (χ1) is 12.6. The second kappa shape index (κ2) is 15.3. The van der Waals surface area contributed by atoms with Gasteiger partial charge in [-0.05, 0) is 46.3 Å². The molecule has 0 aromatic heterocycles. The molecule has 0 heterocycles. The Morgan fingerprint density at radius 2 is 0.833 bits per heavy atom. The number of hydrogen-bond acceptors (Lipinski definition) is 0. The lowest BCUT2D eigenvalue weighted by Gasteiger charge is -2.22. The van der Waals surface area contributed by atoms with Gasteiger partial charge in [-0.2, -0.15) is 0 Å². The summed E-state index contributed by atoms with van der Waals surface area (Å²) < 4.78 is 0.312. The van der Waals surface area contributed by atoms with E-state index in [1.807, 2.05) is 0 Å². The van der Waals surface area contributed by atoms with Crippen LogP contribution in [0.1, 0.15) is 151 Å². The van der Waals surface area contributed by atoms with Gasteiger partial charge in [0.1, 0.15) is 0 Å². The Morgan fingerprint density at radius 1 is 0.667 bits per heavy atom.